The van der Waals surface area contributed by atoms with Crippen molar-refractivity contribution in [2.75, 3.05) is 14.7 Å². The largest absolute Gasteiger partial charge is 0.457 e. The van der Waals surface area contributed by atoms with E-state index in [1.165, 1.54) is 110 Å². The zero-order valence-corrected chi connectivity index (χ0v) is 45.0. The van der Waals surface area contributed by atoms with Crippen molar-refractivity contribution in [1.29, 1.82) is 0 Å². The summed E-state index contributed by atoms with van der Waals surface area (Å²) in [5.74, 6) is 1.12. The Bertz CT molecular complexity index is 4270. The fraction of sp³-hybridized carbons (Fsp3) is 0.130. The van der Waals surface area contributed by atoms with E-state index in [9.17, 15) is 0 Å². The lowest BCUT2D eigenvalue weighted by atomic mass is 9.28. The van der Waals surface area contributed by atoms with Crippen molar-refractivity contribution in [2.45, 2.75) is 69.1 Å². The quantitative estimate of drug-likeness (QED) is 0.154. The molecule has 0 radical (unpaired) electrons. The normalized spacial score (nSPS) is 14.2. The van der Waals surface area contributed by atoms with E-state index in [0.29, 0.717) is 17.8 Å². The van der Waals surface area contributed by atoms with E-state index in [-0.39, 0.29) is 20.1 Å². The molecule has 4 nitrogen and oxygen atoms in total. The van der Waals surface area contributed by atoms with Gasteiger partial charge in [0.15, 0.2) is 0 Å². The number of hydrogen-bond acceptors (Lipinski definition) is 5. The number of rotatable bonds is 6. The van der Waals surface area contributed by atoms with Crippen LogP contribution in [0.4, 0.5) is 51.2 Å². The van der Waals surface area contributed by atoms with Crippen molar-refractivity contribution >= 4 is 154 Å². The summed E-state index contributed by atoms with van der Waals surface area (Å²) < 4.78 is 7.15. The molecule has 5 aliphatic rings. The number of nitrogens with zero attached hydrogens (tertiary/aromatic N) is 3. The number of hydrogen-bond donors (Lipinski definition) is 0. The third kappa shape index (κ3) is 6.28. The van der Waals surface area contributed by atoms with Crippen LogP contribution in [0.1, 0.15) is 76.0 Å². The molecule has 0 N–H and O–H groups in total. The van der Waals surface area contributed by atoms with E-state index in [0.717, 1.165) is 39.0 Å². The highest BCUT2D eigenvalue weighted by Gasteiger charge is 2.53. The van der Waals surface area contributed by atoms with Gasteiger partial charge in [-0.3, -0.25) is 0 Å². The van der Waals surface area contributed by atoms with E-state index in [4.69, 9.17) is 4.42 Å². The molecule has 0 fully saturated rings. The topological polar surface area (TPSA) is 22.9 Å². The van der Waals surface area contributed by atoms with Crippen LogP contribution in [0.3, 0.4) is 0 Å². The molecule has 11 aromatic rings. The van der Waals surface area contributed by atoms with Crippen LogP contribution in [0.5, 0.6) is 0 Å². The van der Waals surface area contributed by atoms with Crippen LogP contribution in [-0.4, -0.2) is 20.1 Å². The van der Waals surface area contributed by atoms with Crippen LogP contribution in [0.25, 0.3) is 21.9 Å². The van der Waals surface area contributed by atoms with Crippen molar-refractivity contribution in [1.82, 2.24) is 0 Å². The predicted molar refractivity (Wildman–Crippen MR) is 331 cm³/mol. The second-order valence-electron chi connectivity index (χ2n) is 22.8. The first-order valence-electron chi connectivity index (χ1n) is 27.7. The van der Waals surface area contributed by atoms with Crippen LogP contribution >= 0.6 is 11.8 Å². The summed E-state index contributed by atoms with van der Waals surface area (Å²) in [7, 11) is 0. The molecule has 0 aliphatic carbocycles. The second kappa shape index (κ2) is 16.7. The van der Waals surface area contributed by atoms with Gasteiger partial charge < -0.3 is 19.1 Å². The number of fused-ring (bicyclic) bond motifs is 16. The first kappa shape index (κ1) is 45.2. The van der Waals surface area contributed by atoms with Crippen molar-refractivity contribution in [3.63, 3.8) is 0 Å². The molecule has 5 aliphatic heterocycles. The number of benzene rings is 10. The summed E-state index contributed by atoms with van der Waals surface area (Å²) in [5, 5.41) is 2.29. The minimum absolute atomic E-state index is 0.0472. The Kier molecular flexibility index (Phi) is 9.81. The molecule has 16 rings (SSSR count). The van der Waals surface area contributed by atoms with Gasteiger partial charge >= 0.3 is 0 Å². The minimum atomic E-state index is -0.118. The molecule has 0 saturated heterocycles. The van der Waals surface area contributed by atoms with Gasteiger partial charge in [-0.15, -0.1) is 0 Å². The lowest BCUT2D eigenvalue weighted by molar-refractivity contribution is 0.671. The second-order valence-corrected chi connectivity index (χ2v) is 23.9. The average Bonchev–Trinajstić information content (AvgIpc) is 2.94. The fourth-order valence-corrected chi connectivity index (χ4v) is 15.5. The van der Waals surface area contributed by atoms with E-state index in [2.05, 4.69) is 256 Å². The first-order chi connectivity index (χ1) is 37.7. The van der Waals surface area contributed by atoms with Crippen molar-refractivity contribution in [3.05, 3.63) is 217 Å². The molecule has 0 amide bonds. The highest BCUT2D eigenvalue weighted by atomic mass is 32.2. The summed E-state index contributed by atoms with van der Waals surface area (Å²) in [6.07, 6.45) is 0. The average molecular weight is 1010 g/mol. The van der Waals surface area contributed by atoms with Crippen LogP contribution in [0.15, 0.2) is 214 Å². The van der Waals surface area contributed by atoms with Crippen LogP contribution in [-0.2, 0) is 0 Å². The summed E-state index contributed by atoms with van der Waals surface area (Å²) in [5.41, 5.74) is 29.1. The molecule has 0 unspecified atom stereocenters. The smallest absolute Gasteiger partial charge is 0.257 e. The van der Waals surface area contributed by atoms with Crippen LogP contribution < -0.4 is 63.9 Å². The van der Waals surface area contributed by atoms with Crippen molar-refractivity contribution < 1.29 is 4.42 Å². The first-order valence-corrected chi connectivity index (χ1v) is 28.5. The molecule has 0 spiro atoms. The summed E-state index contributed by atoms with van der Waals surface area (Å²) in [4.78, 5) is 10.5. The van der Waals surface area contributed by atoms with Gasteiger partial charge in [0, 0.05) is 71.7 Å². The molecule has 8 heteroatoms. The third-order valence-corrected chi connectivity index (χ3v) is 18.8. The standard InChI is InChI=1S/C69H54B3N3OS/c1-40(2)43-35-48(41(3)4)64(49(36-43)42(5)6)71-52-28-16-20-32-62(52)77-63-39-58-53(37-54(63)71)70-50-26-14-17-29-55(50)75-56-30-18-15-27-51(56)72-66-60(38-59(65(70)68(66)75)74(58)45-23-11-8-12-24-45)73(44-21-9-7-10-22-44)57-34-33-47-46-25-13-19-31-61(46)76-69(47)67(57)72/h7-42H,1-6H3. The SMILES string of the molecule is CC(C)c1cc(C(C)C)c(B2c3ccccc3Sc3cc4c(cc32)B2c3ccccc3N3c5ccccc5B5c6c(cc(c2c63)N4c2ccccc2)N(c2ccccc2)c2ccc3c(oc4ccccc43)c25)c(C(C)C)c1. The van der Waals surface area contributed by atoms with E-state index in [1.807, 2.05) is 11.8 Å². The highest BCUT2D eigenvalue weighted by Crippen LogP contribution is 2.51. The molecule has 1 aromatic heterocycles. The summed E-state index contributed by atoms with van der Waals surface area (Å²) >= 11 is 1.95. The maximum atomic E-state index is 7.15. The number of furan rings is 1. The fourth-order valence-electron chi connectivity index (χ4n) is 14.4. The molecular weight excluding hydrogens is 951 g/mol. The summed E-state index contributed by atoms with van der Waals surface area (Å²) in [6.45, 7) is 14.2. The molecule has 6 heterocycles. The van der Waals surface area contributed by atoms with Crippen LogP contribution in [0, 0.1) is 0 Å². The zero-order chi connectivity index (χ0) is 51.5. The molecular formula is C69H54B3N3OS. The molecule has 366 valence electrons. The summed E-state index contributed by atoms with van der Waals surface area (Å²) in [6, 6.07) is 76.1. The van der Waals surface area contributed by atoms with Crippen LogP contribution in [0.2, 0.25) is 0 Å². The minimum Gasteiger partial charge on any atom is -0.457 e. The number of anilines is 9. The molecule has 0 atom stereocenters. The maximum absolute atomic E-state index is 7.15. The lowest BCUT2D eigenvalue weighted by Crippen LogP contribution is -2.69. The van der Waals surface area contributed by atoms with Gasteiger partial charge in [-0.05, 0) is 140 Å². The lowest BCUT2D eigenvalue weighted by Gasteiger charge is -2.51. The number of para-hydroxylation sites is 5. The third-order valence-electron chi connectivity index (χ3n) is 17.7. The van der Waals surface area contributed by atoms with Gasteiger partial charge in [0.2, 0.25) is 6.71 Å². The molecule has 0 bridgehead atoms. The Morgan fingerprint density at radius 3 is 1.58 bits per heavy atom. The van der Waals surface area contributed by atoms with E-state index < -0.39 is 0 Å². The zero-order valence-electron chi connectivity index (χ0n) is 44.2. The predicted octanol–water partition coefficient (Wildman–Crippen LogP) is 12.6. The van der Waals surface area contributed by atoms with Gasteiger partial charge in [0.25, 0.3) is 13.4 Å². The Balaban J connectivity index is 1.05. The van der Waals surface area contributed by atoms with E-state index >= 15 is 0 Å². The molecule has 77 heavy (non-hydrogen) atoms. The highest BCUT2D eigenvalue weighted by molar-refractivity contribution is 8.00. The van der Waals surface area contributed by atoms with Gasteiger partial charge in [-0.25, -0.2) is 0 Å². The Hall–Kier alpha value is -8.06. The Labute approximate surface area is 456 Å². The maximum Gasteiger partial charge on any atom is 0.257 e. The monoisotopic (exact) mass is 1010 g/mol. The van der Waals surface area contributed by atoms with Gasteiger partial charge in [-0.1, -0.05) is 197 Å². The van der Waals surface area contributed by atoms with Gasteiger partial charge in [0.05, 0.1) is 0 Å². The van der Waals surface area contributed by atoms with E-state index in [1.54, 1.807) is 0 Å². The van der Waals surface area contributed by atoms with Crippen molar-refractivity contribution in [2.24, 2.45) is 0 Å². The van der Waals surface area contributed by atoms with Gasteiger partial charge in [0.1, 0.15) is 11.2 Å². The molecule has 10 aromatic carbocycles. The molecule has 0 saturated carbocycles. The van der Waals surface area contributed by atoms with Crippen molar-refractivity contribution in [3.8, 4) is 0 Å². The Morgan fingerprint density at radius 1 is 0.364 bits per heavy atom. The Morgan fingerprint density at radius 2 is 0.922 bits per heavy atom. The van der Waals surface area contributed by atoms with Gasteiger partial charge in [-0.2, -0.15) is 0 Å².